The predicted octanol–water partition coefficient (Wildman–Crippen LogP) is 0.841. The number of morpholine rings is 1. The second kappa shape index (κ2) is 7.85. The Bertz CT molecular complexity index is 586. The summed E-state index contributed by atoms with van der Waals surface area (Å²) < 4.78 is 31.6. The molecule has 1 saturated heterocycles. The summed E-state index contributed by atoms with van der Waals surface area (Å²) in [5.41, 5.74) is 0.833. The summed E-state index contributed by atoms with van der Waals surface area (Å²) in [5.74, 6) is 1.48. The van der Waals surface area contributed by atoms with Gasteiger partial charge in [-0.3, -0.25) is 0 Å². The first-order valence-corrected chi connectivity index (χ1v) is 9.30. The first kappa shape index (κ1) is 17.1. The van der Waals surface area contributed by atoms with Crippen molar-refractivity contribution >= 4 is 15.8 Å². The molecular weight excluding hydrogens is 304 g/mol. The molecule has 2 heterocycles. The number of aryl methyl sites for hydroxylation is 1. The van der Waals surface area contributed by atoms with Gasteiger partial charge in [0.05, 0.1) is 25.5 Å². The number of hydrogen-bond donors (Lipinski definition) is 1. The molecular formula is C14H24N4O3S. The fourth-order valence-electron chi connectivity index (χ4n) is 2.23. The lowest BCUT2D eigenvalue weighted by Crippen LogP contribution is -2.37. The van der Waals surface area contributed by atoms with E-state index in [1.807, 2.05) is 19.9 Å². The van der Waals surface area contributed by atoms with Crippen LogP contribution in [0.4, 0.5) is 5.82 Å². The first-order chi connectivity index (χ1) is 10.5. The lowest BCUT2D eigenvalue weighted by Gasteiger charge is -2.28. The van der Waals surface area contributed by atoms with E-state index in [0.717, 1.165) is 31.0 Å². The van der Waals surface area contributed by atoms with Crippen LogP contribution in [-0.2, 0) is 21.3 Å². The highest BCUT2D eigenvalue weighted by atomic mass is 32.2. The summed E-state index contributed by atoms with van der Waals surface area (Å²) >= 11 is 0. The summed E-state index contributed by atoms with van der Waals surface area (Å²) in [6.07, 6.45) is 1.51. The van der Waals surface area contributed by atoms with Gasteiger partial charge in [-0.1, -0.05) is 13.3 Å². The topological polar surface area (TPSA) is 84.4 Å². The van der Waals surface area contributed by atoms with Gasteiger partial charge in [-0.15, -0.1) is 0 Å². The highest BCUT2D eigenvalue weighted by Gasteiger charge is 2.15. The van der Waals surface area contributed by atoms with Crippen molar-refractivity contribution in [3.63, 3.8) is 0 Å². The number of unbranched alkanes of at least 4 members (excludes halogenated alkanes) is 1. The molecule has 0 aromatic carbocycles. The lowest BCUT2D eigenvalue weighted by molar-refractivity contribution is 0.122. The smallest absolute Gasteiger partial charge is 0.212 e. The van der Waals surface area contributed by atoms with E-state index in [2.05, 4.69) is 19.6 Å². The Kier molecular flexibility index (Phi) is 6.10. The molecule has 0 atom stereocenters. The molecule has 0 radical (unpaired) electrons. The van der Waals surface area contributed by atoms with E-state index in [9.17, 15) is 8.42 Å². The summed E-state index contributed by atoms with van der Waals surface area (Å²) in [4.78, 5) is 10.9. The first-order valence-electron chi connectivity index (χ1n) is 7.65. The van der Waals surface area contributed by atoms with Crippen molar-refractivity contribution < 1.29 is 13.2 Å². The van der Waals surface area contributed by atoms with Crippen molar-refractivity contribution in [2.24, 2.45) is 0 Å². The van der Waals surface area contributed by atoms with Crippen molar-refractivity contribution in [1.29, 1.82) is 0 Å². The molecule has 0 spiro atoms. The molecule has 1 aliphatic heterocycles. The fourth-order valence-corrected chi connectivity index (χ4v) is 3.39. The Morgan fingerprint density at radius 3 is 2.73 bits per heavy atom. The molecule has 1 fully saturated rings. The Morgan fingerprint density at radius 2 is 2.05 bits per heavy atom. The minimum Gasteiger partial charge on any atom is -0.378 e. The molecule has 0 aliphatic carbocycles. The summed E-state index contributed by atoms with van der Waals surface area (Å²) in [6.45, 7) is 6.93. The standard InChI is InChI=1S/C14H24N4O3S/c1-3-4-9-22(19,20)15-11-13-16-12(2)10-14(17-13)18-5-7-21-8-6-18/h10,15H,3-9,11H2,1-2H3. The maximum absolute atomic E-state index is 11.8. The van der Waals surface area contributed by atoms with Crippen LogP contribution in [0.25, 0.3) is 0 Å². The number of sulfonamides is 1. The van der Waals surface area contributed by atoms with Gasteiger partial charge in [0.2, 0.25) is 10.0 Å². The minimum absolute atomic E-state index is 0.130. The zero-order chi connectivity index (χ0) is 16.0. The average molecular weight is 328 g/mol. The molecule has 0 bridgehead atoms. The number of anilines is 1. The Balaban J connectivity index is 2.03. The second-order valence-corrected chi connectivity index (χ2v) is 7.30. The molecule has 2 rings (SSSR count). The van der Waals surface area contributed by atoms with Gasteiger partial charge in [0, 0.05) is 24.8 Å². The molecule has 1 aliphatic rings. The van der Waals surface area contributed by atoms with Crippen molar-refractivity contribution in [2.45, 2.75) is 33.2 Å². The molecule has 0 saturated carbocycles. The maximum atomic E-state index is 11.8. The molecule has 8 heteroatoms. The van der Waals surface area contributed by atoms with Crippen LogP contribution in [0.2, 0.25) is 0 Å². The van der Waals surface area contributed by atoms with Crippen LogP contribution < -0.4 is 9.62 Å². The molecule has 0 unspecified atom stereocenters. The van der Waals surface area contributed by atoms with Gasteiger partial charge >= 0.3 is 0 Å². The number of hydrogen-bond acceptors (Lipinski definition) is 6. The van der Waals surface area contributed by atoms with E-state index in [-0.39, 0.29) is 12.3 Å². The fraction of sp³-hybridized carbons (Fsp3) is 0.714. The van der Waals surface area contributed by atoms with Gasteiger partial charge < -0.3 is 9.64 Å². The van der Waals surface area contributed by atoms with E-state index < -0.39 is 10.0 Å². The van der Waals surface area contributed by atoms with Gasteiger partial charge in [0.25, 0.3) is 0 Å². The van der Waals surface area contributed by atoms with Crippen molar-refractivity contribution in [3.05, 3.63) is 17.6 Å². The Hall–Kier alpha value is -1.25. The van der Waals surface area contributed by atoms with Crippen LogP contribution in [-0.4, -0.2) is 50.4 Å². The van der Waals surface area contributed by atoms with E-state index in [0.29, 0.717) is 25.5 Å². The van der Waals surface area contributed by atoms with Gasteiger partial charge in [-0.25, -0.2) is 23.1 Å². The molecule has 1 aromatic heterocycles. The average Bonchev–Trinajstić information content (AvgIpc) is 2.52. The van der Waals surface area contributed by atoms with Crippen LogP contribution in [0.15, 0.2) is 6.07 Å². The van der Waals surface area contributed by atoms with Crippen LogP contribution in [0.1, 0.15) is 31.3 Å². The van der Waals surface area contributed by atoms with Gasteiger partial charge in [0.1, 0.15) is 11.6 Å². The third-order valence-corrected chi connectivity index (χ3v) is 4.85. The van der Waals surface area contributed by atoms with Crippen molar-refractivity contribution in [1.82, 2.24) is 14.7 Å². The highest BCUT2D eigenvalue weighted by Crippen LogP contribution is 2.14. The predicted molar refractivity (Wildman–Crippen MR) is 85.3 cm³/mol. The number of nitrogens with one attached hydrogen (secondary N) is 1. The Labute approximate surface area is 132 Å². The number of rotatable bonds is 7. The van der Waals surface area contributed by atoms with Gasteiger partial charge in [-0.05, 0) is 13.3 Å². The summed E-state index contributed by atoms with van der Waals surface area (Å²) in [7, 11) is -3.26. The van der Waals surface area contributed by atoms with E-state index in [4.69, 9.17) is 4.74 Å². The third-order valence-electron chi connectivity index (χ3n) is 3.44. The van der Waals surface area contributed by atoms with Crippen molar-refractivity contribution in [3.8, 4) is 0 Å². The SMILES string of the molecule is CCCCS(=O)(=O)NCc1nc(C)cc(N2CCOCC2)n1. The molecule has 0 amide bonds. The molecule has 22 heavy (non-hydrogen) atoms. The summed E-state index contributed by atoms with van der Waals surface area (Å²) in [6, 6.07) is 1.92. The normalized spacial score (nSPS) is 16.0. The van der Waals surface area contributed by atoms with E-state index in [1.165, 1.54) is 0 Å². The number of ether oxygens (including phenoxy) is 1. The monoisotopic (exact) mass is 328 g/mol. The summed E-state index contributed by atoms with van der Waals surface area (Å²) in [5, 5.41) is 0. The van der Waals surface area contributed by atoms with Gasteiger partial charge in [-0.2, -0.15) is 0 Å². The number of aromatic nitrogens is 2. The van der Waals surface area contributed by atoms with Crippen LogP contribution in [0, 0.1) is 6.92 Å². The van der Waals surface area contributed by atoms with E-state index in [1.54, 1.807) is 0 Å². The van der Waals surface area contributed by atoms with E-state index >= 15 is 0 Å². The van der Waals surface area contributed by atoms with Crippen LogP contribution >= 0.6 is 0 Å². The largest absolute Gasteiger partial charge is 0.378 e. The highest BCUT2D eigenvalue weighted by molar-refractivity contribution is 7.89. The zero-order valence-corrected chi connectivity index (χ0v) is 14.0. The Morgan fingerprint density at radius 1 is 1.32 bits per heavy atom. The third kappa shape index (κ3) is 5.19. The second-order valence-electron chi connectivity index (χ2n) is 5.38. The van der Waals surface area contributed by atoms with Crippen LogP contribution in [0.5, 0.6) is 0 Å². The minimum atomic E-state index is -3.26. The molecule has 1 aromatic rings. The molecule has 1 N–H and O–H groups in total. The van der Waals surface area contributed by atoms with Crippen LogP contribution in [0.3, 0.4) is 0 Å². The van der Waals surface area contributed by atoms with Crippen molar-refractivity contribution in [2.75, 3.05) is 37.0 Å². The zero-order valence-electron chi connectivity index (χ0n) is 13.2. The quantitative estimate of drug-likeness (QED) is 0.798. The maximum Gasteiger partial charge on any atom is 0.212 e. The molecule has 124 valence electrons. The van der Waals surface area contributed by atoms with Gasteiger partial charge in [0.15, 0.2) is 0 Å². The number of nitrogens with zero attached hydrogens (tertiary/aromatic N) is 3. The molecule has 7 nitrogen and oxygen atoms in total. The lowest BCUT2D eigenvalue weighted by atomic mass is 10.3.